The van der Waals surface area contributed by atoms with Gasteiger partial charge < -0.3 is 13.9 Å². The molecule has 0 amide bonds. The zero-order chi connectivity index (χ0) is 14.7. The first-order valence-corrected chi connectivity index (χ1v) is 7.31. The van der Waals surface area contributed by atoms with Crippen LogP contribution in [0.25, 0.3) is 0 Å². The van der Waals surface area contributed by atoms with E-state index >= 15 is 0 Å². The van der Waals surface area contributed by atoms with Crippen LogP contribution in [0.2, 0.25) is 0 Å². The highest BCUT2D eigenvalue weighted by Gasteiger charge is 2.32. The Morgan fingerprint density at radius 3 is 2.80 bits per heavy atom. The van der Waals surface area contributed by atoms with Crippen LogP contribution in [0, 0.1) is 5.92 Å². The zero-order valence-corrected chi connectivity index (χ0v) is 12.6. The van der Waals surface area contributed by atoms with Crippen LogP contribution in [-0.2, 0) is 15.9 Å². The molecule has 0 saturated carbocycles. The van der Waals surface area contributed by atoms with E-state index in [1.807, 2.05) is 6.92 Å². The molecule has 2 atom stereocenters. The van der Waals surface area contributed by atoms with E-state index in [0.29, 0.717) is 37.1 Å². The molecule has 0 spiro atoms. The summed E-state index contributed by atoms with van der Waals surface area (Å²) < 4.78 is 16.3. The Morgan fingerprint density at radius 1 is 1.50 bits per heavy atom. The molecule has 1 aliphatic heterocycles. The smallest absolute Gasteiger partial charge is 0.376 e. The van der Waals surface area contributed by atoms with Crippen LogP contribution in [0.1, 0.15) is 62.2 Å². The van der Waals surface area contributed by atoms with Crippen molar-refractivity contribution in [3.05, 3.63) is 17.3 Å². The van der Waals surface area contributed by atoms with Gasteiger partial charge in [0.2, 0.25) is 11.7 Å². The van der Waals surface area contributed by atoms with E-state index in [9.17, 15) is 4.79 Å². The summed E-state index contributed by atoms with van der Waals surface area (Å²) in [4.78, 5) is 16.5. The first kappa shape index (κ1) is 15.0. The minimum absolute atomic E-state index is 0.0793. The van der Waals surface area contributed by atoms with E-state index in [-0.39, 0.29) is 17.8 Å². The zero-order valence-electron chi connectivity index (χ0n) is 12.6. The molecule has 1 aromatic heterocycles. The molecule has 1 saturated heterocycles. The van der Waals surface area contributed by atoms with E-state index in [4.69, 9.17) is 13.9 Å². The van der Waals surface area contributed by atoms with E-state index in [1.54, 1.807) is 6.92 Å². The van der Waals surface area contributed by atoms with E-state index in [0.717, 1.165) is 6.42 Å². The number of carbonyl (C=O) groups is 1. The van der Waals surface area contributed by atoms with E-state index in [2.05, 4.69) is 18.8 Å². The van der Waals surface area contributed by atoms with Crippen molar-refractivity contribution in [1.82, 2.24) is 4.98 Å². The van der Waals surface area contributed by atoms with Gasteiger partial charge in [0.15, 0.2) is 0 Å². The van der Waals surface area contributed by atoms with Crippen LogP contribution in [0.3, 0.4) is 0 Å². The third-order valence-electron chi connectivity index (χ3n) is 3.47. The van der Waals surface area contributed by atoms with Crippen LogP contribution < -0.4 is 0 Å². The second kappa shape index (κ2) is 6.39. The van der Waals surface area contributed by atoms with E-state index < -0.39 is 5.97 Å². The predicted octanol–water partition coefficient (Wildman–Crippen LogP) is 2.94. The second-order valence-electron chi connectivity index (χ2n) is 5.62. The molecule has 112 valence electrons. The highest BCUT2D eigenvalue weighted by molar-refractivity contribution is 5.87. The Balaban J connectivity index is 2.28. The van der Waals surface area contributed by atoms with Crippen molar-refractivity contribution in [3.8, 4) is 0 Å². The Morgan fingerprint density at radius 2 is 2.25 bits per heavy atom. The van der Waals surface area contributed by atoms with Gasteiger partial charge in [-0.1, -0.05) is 13.8 Å². The number of rotatable bonds is 5. The Hall–Kier alpha value is -1.36. The summed E-state index contributed by atoms with van der Waals surface area (Å²) in [6.45, 7) is 9.01. The topological polar surface area (TPSA) is 61.6 Å². The molecule has 2 unspecified atom stereocenters. The molecule has 20 heavy (non-hydrogen) atoms. The Bertz CT molecular complexity index is 466. The lowest BCUT2D eigenvalue weighted by Crippen LogP contribution is -2.09. The van der Waals surface area contributed by atoms with Gasteiger partial charge in [0.25, 0.3) is 0 Å². The Labute approximate surface area is 119 Å². The molecule has 0 aromatic carbocycles. The quantitative estimate of drug-likeness (QED) is 0.776. The SMILES string of the molecule is CCOC(=O)c1oc(C2CCOC2C)nc1CC(C)C. The van der Waals surface area contributed by atoms with Crippen molar-refractivity contribution in [2.24, 2.45) is 5.92 Å². The monoisotopic (exact) mass is 281 g/mol. The van der Waals surface area contributed by atoms with Gasteiger partial charge >= 0.3 is 5.97 Å². The summed E-state index contributed by atoms with van der Waals surface area (Å²) in [6.07, 6.45) is 1.67. The Kier molecular flexibility index (Phi) is 4.81. The van der Waals surface area contributed by atoms with E-state index in [1.165, 1.54) is 0 Å². The van der Waals surface area contributed by atoms with Crippen LogP contribution in [0.4, 0.5) is 0 Å². The number of oxazole rings is 1. The van der Waals surface area contributed by atoms with Gasteiger partial charge in [-0.25, -0.2) is 9.78 Å². The lowest BCUT2D eigenvalue weighted by atomic mass is 10.0. The van der Waals surface area contributed by atoms with Crippen molar-refractivity contribution in [3.63, 3.8) is 0 Å². The molecule has 2 heterocycles. The lowest BCUT2D eigenvalue weighted by molar-refractivity contribution is 0.0483. The van der Waals surface area contributed by atoms with Crippen LogP contribution in [0.5, 0.6) is 0 Å². The third kappa shape index (κ3) is 3.20. The van der Waals surface area contributed by atoms with Gasteiger partial charge in [0.05, 0.1) is 24.3 Å². The first-order chi connectivity index (χ1) is 9.52. The summed E-state index contributed by atoms with van der Waals surface area (Å²) >= 11 is 0. The molecular formula is C15H23NO4. The van der Waals surface area contributed by atoms with Crippen molar-refractivity contribution in [2.75, 3.05) is 13.2 Å². The molecule has 5 heteroatoms. The molecular weight excluding hydrogens is 258 g/mol. The normalized spacial score (nSPS) is 22.4. The molecule has 1 fully saturated rings. The van der Waals surface area contributed by atoms with Gasteiger partial charge in [-0.2, -0.15) is 0 Å². The summed E-state index contributed by atoms with van der Waals surface area (Å²) in [6, 6.07) is 0. The van der Waals surface area contributed by atoms with Gasteiger partial charge in [0.1, 0.15) is 0 Å². The van der Waals surface area contributed by atoms with Crippen molar-refractivity contribution in [2.45, 2.75) is 52.6 Å². The van der Waals surface area contributed by atoms with Crippen molar-refractivity contribution >= 4 is 5.97 Å². The lowest BCUT2D eigenvalue weighted by Gasteiger charge is -2.08. The summed E-state index contributed by atoms with van der Waals surface area (Å²) in [5, 5.41) is 0. The summed E-state index contributed by atoms with van der Waals surface area (Å²) in [7, 11) is 0. The van der Waals surface area contributed by atoms with Gasteiger partial charge in [-0.15, -0.1) is 0 Å². The number of esters is 1. The number of nitrogens with zero attached hydrogens (tertiary/aromatic N) is 1. The maximum Gasteiger partial charge on any atom is 0.376 e. The largest absolute Gasteiger partial charge is 0.460 e. The summed E-state index contributed by atoms with van der Waals surface area (Å²) in [5.74, 6) is 0.972. The fourth-order valence-corrected chi connectivity index (χ4v) is 2.47. The third-order valence-corrected chi connectivity index (χ3v) is 3.47. The van der Waals surface area contributed by atoms with Crippen molar-refractivity contribution < 1.29 is 18.7 Å². The highest BCUT2D eigenvalue weighted by Crippen LogP contribution is 2.32. The van der Waals surface area contributed by atoms with Gasteiger partial charge in [-0.05, 0) is 32.6 Å². The van der Waals surface area contributed by atoms with Crippen LogP contribution in [-0.4, -0.2) is 30.3 Å². The van der Waals surface area contributed by atoms with Gasteiger partial charge in [0, 0.05) is 6.61 Å². The molecule has 0 radical (unpaired) electrons. The van der Waals surface area contributed by atoms with Crippen molar-refractivity contribution in [1.29, 1.82) is 0 Å². The molecule has 0 N–H and O–H groups in total. The molecule has 1 aromatic rings. The first-order valence-electron chi connectivity index (χ1n) is 7.31. The number of hydrogen-bond acceptors (Lipinski definition) is 5. The minimum atomic E-state index is -0.423. The maximum atomic E-state index is 12.0. The number of hydrogen-bond donors (Lipinski definition) is 0. The second-order valence-corrected chi connectivity index (χ2v) is 5.62. The fraction of sp³-hybridized carbons (Fsp3) is 0.733. The standard InChI is InChI=1S/C15H23NO4/c1-5-18-15(17)13-12(8-9(2)3)16-14(20-13)11-6-7-19-10(11)4/h9-11H,5-8H2,1-4H3. The average Bonchev–Trinajstić information content (AvgIpc) is 2.95. The number of aromatic nitrogens is 1. The van der Waals surface area contributed by atoms with Crippen LogP contribution >= 0.6 is 0 Å². The number of carbonyl (C=O) groups excluding carboxylic acids is 1. The minimum Gasteiger partial charge on any atom is -0.460 e. The fourth-order valence-electron chi connectivity index (χ4n) is 2.47. The molecule has 5 nitrogen and oxygen atoms in total. The molecule has 0 aliphatic carbocycles. The molecule has 1 aliphatic rings. The maximum absolute atomic E-state index is 12.0. The highest BCUT2D eigenvalue weighted by atomic mass is 16.5. The molecule has 0 bridgehead atoms. The average molecular weight is 281 g/mol. The molecule has 2 rings (SSSR count). The predicted molar refractivity (Wildman–Crippen MR) is 73.8 cm³/mol. The van der Waals surface area contributed by atoms with Gasteiger partial charge in [-0.3, -0.25) is 0 Å². The summed E-state index contributed by atoms with van der Waals surface area (Å²) in [5.41, 5.74) is 0.701. The number of ether oxygens (including phenoxy) is 2. The van der Waals surface area contributed by atoms with Crippen LogP contribution in [0.15, 0.2) is 4.42 Å².